The topological polar surface area (TPSA) is 36.0 Å². The number of nitrogens with one attached hydrogen (secondary N) is 2. The number of aryl methyl sites for hydroxylation is 1. The van der Waals surface area contributed by atoms with Gasteiger partial charge in [0.05, 0.1) is 0 Å². The van der Waals surface area contributed by atoms with Gasteiger partial charge in [-0.3, -0.25) is 4.72 Å². The molecule has 4 nitrogen and oxygen atoms in total. The minimum Gasteiger partial charge on any atom is -0.361 e. The van der Waals surface area contributed by atoms with E-state index in [1.54, 1.807) is 18.0 Å². The summed E-state index contributed by atoms with van der Waals surface area (Å²) in [7, 11) is 6.12. The van der Waals surface area contributed by atoms with E-state index in [9.17, 15) is 4.39 Å². The molecule has 0 spiro atoms. The van der Waals surface area contributed by atoms with Crippen LogP contribution in [0.25, 0.3) is 21.8 Å². The maximum absolute atomic E-state index is 13.8. The van der Waals surface area contributed by atoms with E-state index in [-0.39, 0.29) is 11.9 Å². The highest BCUT2D eigenvalue weighted by molar-refractivity contribution is 7.97. The van der Waals surface area contributed by atoms with Crippen molar-refractivity contribution < 1.29 is 4.39 Å². The number of H-pyrrole nitrogens is 1. The Morgan fingerprint density at radius 1 is 1.19 bits per heavy atom. The van der Waals surface area contributed by atoms with Crippen molar-refractivity contribution in [1.82, 2.24) is 19.2 Å². The molecule has 0 fully saturated rings. The van der Waals surface area contributed by atoms with E-state index < -0.39 is 0 Å². The van der Waals surface area contributed by atoms with Crippen LogP contribution in [0.4, 0.5) is 4.39 Å². The van der Waals surface area contributed by atoms with E-state index in [0.29, 0.717) is 0 Å². The summed E-state index contributed by atoms with van der Waals surface area (Å²) < 4.78 is 19.4. The molecule has 140 valence electrons. The maximum atomic E-state index is 13.8. The molecular formula is C21H23FN4S. The van der Waals surface area contributed by atoms with Gasteiger partial charge in [-0.05, 0) is 73.4 Å². The van der Waals surface area contributed by atoms with E-state index >= 15 is 0 Å². The fraction of sp³-hybridized carbons (Fsp3) is 0.238. The molecule has 2 aromatic heterocycles. The Kier molecular flexibility index (Phi) is 4.95. The summed E-state index contributed by atoms with van der Waals surface area (Å²) in [6.45, 7) is 0.746. The first kappa shape index (κ1) is 18.1. The van der Waals surface area contributed by atoms with E-state index in [1.165, 1.54) is 11.5 Å². The molecule has 0 saturated heterocycles. The van der Waals surface area contributed by atoms with Crippen LogP contribution in [0.1, 0.15) is 11.6 Å². The predicted molar refractivity (Wildman–Crippen MR) is 111 cm³/mol. The third-order valence-corrected chi connectivity index (χ3v) is 5.76. The van der Waals surface area contributed by atoms with Crippen molar-refractivity contribution in [2.45, 2.75) is 10.9 Å². The van der Waals surface area contributed by atoms with Crippen LogP contribution < -0.4 is 4.72 Å². The Labute approximate surface area is 162 Å². The van der Waals surface area contributed by atoms with Crippen LogP contribution in [0, 0.1) is 5.82 Å². The normalized spacial score (nSPS) is 13.1. The first-order valence-corrected chi connectivity index (χ1v) is 9.72. The van der Waals surface area contributed by atoms with Gasteiger partial charge in [0, 0.05) is 53.3 Å². The summed E-state index contributed by atoms with van der Waals surface area (Å²) in [5.41, 5.74) is 3.31. The van der Waals surface area contributed by atoms with E-state index in [4.69, 9.17) is 0 Å². The average molecular weight is 383 g/mol. The van der Waals surface area contributed by atoms with Crippen molar-refractivity contribution >= 4 is 33.8 Å². The first-order valence-electron chi connectivity index (χ1n) is 8.90. The zero-order valence-corrected chi connectivity index (χ0v) is 16.5. The van der Waals surface area contributed by atoms with Gasteiger partial charge in [0.2, 0.25) is 0 Å². The molecule has 2 aromatic carbocycles. The second-order valence-electron chi connectivity index (χ2n) is 7.01. The molecule has 0 aliphatic carbocycles. The summed E-state index contributed by atoms with van der Waals surface area (Å²) >= 11 is 1.62. The van der Waals surface area contributed by atoms with Gasteiger partial charge in [-0.15, -0.1) is 0 Å². The average Bonchev–Trinajstić information content (AvgIpc) is 3.22. The Morgan fingerprint density at radius 2 is 2.04 bits per heavy atom. The first-order chi connectivity index (χ1) is 13.0. The third-order valence-electron chi connectivity index (χ3n) is 4.96. The Bertz CT molecular complexity index is 1080. The van der Waals surface area contributed by atoms with Gasteiger partial charge >= 0.3 is 0 Å². The minimum atomic E-state index is -0.200. The van der Waals surface area contributed by atoms with Gasteiger partial charge in [0.1, 0.15) is 5.82 Å². The van der Waals surface area contributed by atoms with Gasteiger partial charge in [-0.1, -0.05) is 6.07 Å². The zero-order chi connectivity index (χ0) is 19.0. The lowest BCUT2D eigenvalue weighted by molar-refractivity contribution is 0.302. The molecule has 1 atom stereocenters. The van der Waals surface area contributed by atoms with E-state index in [1.807, 2.05) is 19.3 Å². The number of fused-ring (bicyclic) bond motifs is 2. The van der Waals surface area contributed by atoms with Crippen molar-refractivity contribution in [2.75, 3.05) is 20.6 Å². The number of hydrogen-bond acceptors (Lipinski definition) is 3. The Morgan fingerprint density at radius 3 is 2.85 bits per heavy atom. The van der Waals surface area contributed by atoms with Crippen LogP contribution in [0.3, 0.4) is 0 Å². The smallest absolute Gasteiger partial charge is 0.123 e. The Balaban J connectivity index is 1.54. The number of aromatic nitrogens is 2. The second kappa shape index (κ2) is 7.38. The maximum Gasteiger partial charge on any atom is 0.123 e. The highest BCUT2D eigenvalue weighted by Crippen LogP contribution is 2.30. The molecule has 0 bridgehead atoms. The number of nitrogens with zero attached hydrogens (tertiary/aromatic N) is 2. The molecule has 6 heteroatoms. The van der Waals surface area contributed by atoms with Gasteiger partial charge in [-0.25, -0.2) is 4.39 Å². The molecule has 0 amide bonds. The summed E-state index contributed by atoms with van der Waals surface area (Å²) in [4.78, 5) is 6.57. The quantitative estimate of drug-likeness (QED) is 0.475. The number of benzene rings is 2. The SMILES string of the molecule is CN(C)C(CNSc1ccc2cc[nH]c2c1)c1cn(C)c2ccc(F)cc12. The van der Waals surface area contributed by atoms with Crippen LogP contribution in [0.2, 0.25) is 0 Å². The summed E-state index contributed by atoms with van der Waals surface area (Å²) in [5.74, 6) is -0.200. The van der Waals surface area contributed by atoms with Gasteiger partial charge in [0.15, 0.2) is 0 Å². The highest BCUT2D eigenvalue weighted by Gasteiger charge is 2.19. The van der Waals surface area contributed by atoms with Crippen molar-refractivity contribution in [3.05, 3.63) is 66.2 Å². The molecule has 2 heterocycles. The van der Waals surface area contributed by atoms with Crippen LogP contribution in [-0.4, -0.2) is 35.1 Å². The fourth-order valence-electron chi connectivity index (χ4n) is 3.53. The van der Waals surface area contributed by atoms with Gasteiger partial charge in [-0.2, -0.15) is 0 Å². The summed E-state index contributed by atoms with van der Waals surface area (Å²) in [5, 5.41) is 2.18. The standard InChI is InChI=1S/C21H23FN4S/c1-25(2)21(18-13-26(3)20-7-5-15(22)10-17(18)20)12-24-27-16-6-4-14-8-9-23-19(14)11-16/h4-11,13,21,23-24H,12H2,1-3H3. The predicted octanol–water partition coefficient (Wildman–Crippen LogP) is 4.70. The number of rotatable bonds is 6. The number of hydrogen-bond donors (Lipinski definition) is 2. The van der Waals surface area contributed by atoms with Crippen LogP contribution >= 0.6 is 11.9 Å². The highest BCUT2D eigenvalue weighted by atomic mass is 32.2. The third kappa shape index (κ3) is 3.60. The lowest BCUT2D eigenvalue weighted by atomic mass is 10.1. The number of aromatic amines is 1. The van der Waals surface area contributed by atoms with Crippen molar-refractivity contribution in [3.8, 4) is 0 Å². The van der Waals surface area contributed by atoms with Crippen molar-refractivity contribution in [1.29, 1.82) is 0 Å². The largest absolute Gasteiger partial charge is 0.361 e. The Hall–Kier alpha value is -2.28. The lowest BCUT2D eigenvalue weighted by Crippen LogP contribution is -2.28. The molecule has 4 aromatic rings. The van der Waals surface area contributed by atoms with Gasteiger partial charge in [0.25, 0.3) is 0 Å². The fourth-order valence-corrected chi connectivity index (χ4v) is 4.25. The minimum absolute atomic E-state index is 0.136. The summed E-state index contributed by atoms with van der Waals surface area (Å²) in [6, 6.07) is 13.6. The van der Waals surface area contributed by atoms with E-state index in [2.05, 4.69) is 63.7 Å². The molecule has 27 heavy (non-hydrogen) atoms. The number of halogens is 1. The molecule has 1 unspecified atom stereocenters. The monoisotopic (exact) mass is 382 g/mol. The summed E-state index contributed by atoms with van der Waals surface area (Å²) in [6.07, 6.45) is 4.06. The molecule has 2 N–H and O–H groups in total. The van der Waals surface area contributed by atoms with Gasteiger partial charge < -0.3 is 14.5 Å². The van der Waals surface area contributed by atoms with E-state index in [0.717, 1.165) is 33.4 Å². The second-order valence-corrected chi connectivity index (χ2v) is 7.98. The van der Waals surface area contributed by atoms with Crippen molar-refractivity contribution in [3.63, 3.8) is 0 Å². The van der Waals surface area contributed by atoms with Crippen molar-refractivity contribution in [2.24, 2.45) is 7.05 Å². The molecule has 0 aliphatic rings. The zero-order valence-electron chi connectivity index (χ0n) is 15.7. The van der Waals surface area contributed by atoms with Crippen LogP contribution in [0.15, 0.2) is 59.8 Å². The lowest BCUT2D eigenvalue weighted by Gasteiger charge is -2.24. The molecule has 0 saturated carbocycles. The molecule has 4 rings (SSSR count). The van der Waals surface area contributed by atoms with Crippen LogP contribution in [-0.2, 0) is 7.05 Å². The molecular weight excluding hydrogens is 359 g/mol. The molecule has 0 aliphatic heterocycles. The molecule has 0 radical (unpaired) electrons. The van der Waals surface area contributed by atoms with Crippen LogP contribution in [0.5, 0.6) is 0 Å². The number of likely N-dealkylation sites (N-methyl/N-ethyl adjacent to an activating group) is 1.